The van der Waals surface area contributed by atoms with Crippen LogP contribution in [0.2, 0.25) is 0 Å². The maximum atomic E-state index is 13.2. The van der Waals surface area contributed by atoms with Gasteiger partial charge in [-0.3, -0.25) is 4.90 Å². The summed E-state index contributed by atoms with van der Waals surface area (Å²) in [6.45, 7) is 6.72. The van der Waals surface area contributed by atoms with Crippen molar-refractivity contribution in [1.29, 1.82) is 0 Å². The van der Waals surface area contributed by atoms with Crippen molar-refractivity contribution in [3.8, 4) is 11.5 Å². The minimum atomic E-state index is -3.56. The average molecular weight is 417 g/mol. The second kappa shape index (κ2) is 8.73. The van der Waals surface area contributed by atoms with Crippen molar-refractivity contribution >= 4 is 10.0 Å². The van der Waals surface area contributed by atoms with E-state index in [2.05, 4.69) is 30.0 Å². The van der Waals surface area contributed by atoms with E-state index in [4.69, 9.17) is 9.47 Å². The van der Waals surface area contributed by atoms with Gasteiger partial charge in [-0.25, -0.2) is 8.42 Å². The lowest BCUT2D eigenvalue weighted by atomic mass is 10.1. The van der Waals surface area contributed by atoms with Crippen LogP contribution in [0.4, 0.5) is 0 Å². The van der Waals surface area contributed by atoms with Gasteiger partial charge < -0.3 is 9.47 Å². The summed E-state index contributed by atoms with van der Waals surface area (Å²) in [5.74, 6) is 1.13. The van der Waals surface area contributed by atoms with Gasteiger partial charge in [-0.05, 0) is 43.1 Å². The first-order chi connectivity index (χ1) is 14.0. The summed E-state index contributed by atoms with van der Waals surface area (Å²) in [5, 5.41) is 0. The second-order valence-corrected chi connectivity index (χ2v) is 9.56. The SMILES string of the molecule is Cc1ccccc1CN1CCCN(S(=O)(=O)c2ccc3c(c2)OCCCO3)CC1. The minimum Gasteiger partial charge on any atom is -0.490 e. The van der Waals surface area contributed by atoms with Gasteiger partial charge in [0.25, 0.3) is 0 Å². The molecule has 2 aromatic rings. The highest BCUT2D eigenvalue weighted by Gasteiger charge is 2.28. The molecule has 2 heterocycles. The Labute approximate surface area is 173 Å². The van der Waals surface area contributed by atoms with Crippen molar-refractivity contribution in [3.63, 3.8) is 0 Å². The molecule has 0 N–H and O–H groups in total. The summed E-state index contributed by atoms with van der Waals surface area (Å²) < 4.78 is 39.4. The fourth-order valence-corrected chi connectivity index (χ4v) is 5.31. The number of benzene rings is 2. The molecule has 0 unspecified atom stereocenters. The first kappa shape index (κ1) is 20.2. The fourth-order valence-electron chi connectivity index (χ4n) is 3.83. The summed E-state index contributed by atoms with van der Waals surface area (Å²) >= 11 is 0. The van der Waals surface area contributed by atoms with Crippen molar-refractivity contribution in [2.24, 2.45) is 0 Å². The van der Waals surface area contributed by atoms with Crippen LogP contribution in [0.1, 0.15) is 24.0 Å². The molecule has 0 saturated carbocycles. The number of ether oxygens (including phenoxy) is 2. The van der Waals surface area contributed by atoms with Crippen LogP contribution in [0, 0.1) is 6.92 Å². The molecule has 6 nitrogen and oxygen atoms in total. The summed E-state index contributed by atoms with van der Waals surface area (Å²) in [5.41, 5.74) is 2.57. The van der Waals surface area contributed by atoms with E-state index in [1.807, 2.05) is 6.07 Å². The molecule has 156 valence electrons. The molecule has 7 heteroatoms. The van der Waals surface area contributed by atoms with Gasteiger partial charge in [0.2, 0.25) is 10.0 Å². The highest BCUT2D eigenvalue weighted by Crippen LogP contribution is 2.33. The predicted octanol–water partition coefficient (Wildman–Crippen LogP) is 3.05. The molecule has 1 fully saturated rings. The third-order valence-electron chi connectivity index (χ3n) is 5.56. The number of hydrogen-bond acceptors (Lipinski definition) is 5. The van der Waals surface area contributed by atoms with E-state index in [0.717, 1.165) is 32.5 Å². The molecule has 29 heavy (non-hydrogen) atoms. The van der Waals surface area contributed by atoms with Gasteiger partial charge in [-0.1, -0.05) is 24.3 Å². The van der Waals surface area contributed by atoms with Crippen LogP contribution in [-0.4, -0.2) is 57.0 Å². The van der Waals surface area contributed by atoms with Crippen LogP contribution in [-0.2, 0) is 16.6 Å². The maximum Gasteiger partial charge on any atom is 0.243 e. The molecule has 2 aliphatic heterocycles. The summed E-state index contributed by atoms with van der Waals surface area (Å²) in [7, 11) is -3.56. The monoisotopic (exact) mass is 416 g/mol. The van der Waals surface area contributed by atoms with Gasteiger partial charge in [0.15, 0.2) is 11.5 Å². The number of fused-ring (bicyclic) bond motifs is 1. The normalized spacial score (nSPS) is 18.8. The highest BCUT2D eigenvalue weighted by molar-refractivity contribution is 7.89. The standard InChI is InChI=1S/C22H28N2O4S/c1-18-6-2-3-7-19(18)17-23-10-4-11-24(13-12-23)29(25,26)20-8-9-21-22(16-20)28-15-5-14-27-21/h2-3,6-9,16H,4-5,10-15,17H2,1H3. The Bertz CT molecular complexity index is 961. The minimum absolute atomic E-state index is 0.272. The van der Waals surface area contributed by atoms with E-state index < -0.39 is 10.0 Å². The number of hydrogen-bond donors (Lipinski definition) is 0. The number of rotatable bonds is 4. The maximum absolute atomic E-state index is 13.2. The van der Waals surface area contributed by atoms with Crippen LogP contribution in [0.3, 0.4) is 0 Å². The van der Waals surface area contributed by atoms with Crippen LogP contribution in [0.5, 0.6) is 11.5 Å². The Morgan fingerprint density at radius 1 is 0.897 bits per heavy atom. The Kier molecular flexibility index (Phi) is 6.08. The van der Waals surface area contributed by atoms with Gasteiger partial charge in [-0.15, -0.1) is 0 Å². The van der Waals surface area contributed by atoms with Crippen molar-refractivity contribution < 1.29 is 17.9 Å². The van der Waals surface area contributed by atoms with Crippen molar-refractivity contribution in [1.82, 2.24) is 9.21 Å². The van der Waals surface area contributed by atoms with Gasteiger partial charge in [0, 0.05) is 38.7 Å². The van der Waals surface area contributed by atoms with Gasteiger partial charge >= 0.3 is 0 Å². The molecule has 0 bridgehead atoms. The van der Waals surface area contributed by atoms with Crippen molar-refractivity contribution in [2.45, 2.75) is 31.2 Å². The van der Waals surface area contributed by atoms with Gasteiger partial charge in [-0.2, -0.15) is 4.31 Å². The topological polar surface area (TPSA) is 59.1 Å². The van der Waals surface area contributed by atoms with Crippen LogP contribution in [0.15, 0.2) is 47.4 Å². The highest BCUT2D eigenvalue weighted by atomic mass is 32.2. The first-order valence-electron chi connectivity index (χ1n) is 10.2. The molecule has 0 aromatic heterocycles. The van der Waals surface area contributed by atoms with Crippen LogP contribution in [0.25, 0.3) is 0 Å². The summed E-state index contributed by atoms with van der Waals surface area (Å²) in [4.78, 5) is 2.61. The van der Waals surface area contributed by atoms with E-state index in [1.54, 1.807) is 22.5 Å². The molecule has 2 aromatic carbocycles. The van der Waals surface area contributed by atoms with Crippen LogP contribution >= 0.6 is 0 Å². The van der Waals surface area contributed by atoms with E-state index in [-0.39, 0.29) is 4.90 Å². The van der Waals surface area contributed by atoms with Crippen molar-refractivity contribution in [2.75, 3.05) is 39.4 Å². The predicted molar refractivity (Wildman–Crippen MR) is 112 cm³/mol. The average Bonchev–Trinajstić information content (AvgIpc) is 3.10. The summed E-state index contributed by atoms with van der Waals surface area (Å²) in [6.07, 6.45) is 1.61. The van der Waals surface area contributed by atoms with E-state index in [9.17, 15) is 8.42 Å². The third kappa shape index (κ3) is 4.57. The quantitative estimate of drug-likeness (QED) is 0.767. The smallest absolute Gasteiger partial charge is 0.243 e. The molecule has 0 amide bonds. The molecule has 0 spiro atoms. The fraction of sp³-hybridized carbons (Fsp3) is 0.455. The zero-order chi connectivity index (χ0) is 20.3. The summed E-state index contributed by atoms with van der Waals surface area (Å²) in [6, 6.07) is 13.3. The lowest BCUT2D eigenvalue weighted by Crippen LogP contribution is -2.35. The number of nitrogens with zero attached hydrogens (tertiary/aromatic N) is 2. The van der Waals surface area contributed by atoms with E-state index >= 15 is 0 Å². The molecular formula is C22H28N2O4S. The molecular weight excluding hydrogens is 388 g/mol. The molecule has 0 aliphatic carbocycles. The van der Waals surface area contributed by atoms with Gasteiger partial charge in [0.1, 0.15) is 0 Å². The molecule has 0 atom stereocenters. The molecule has 2 aliphatic rings. The molecule has 0 radical (unpaired) electrons. The lowest BCUT2D eigenvalue weighted by Gasteiger charge is -2.22. The first-order valence-corrected chi connectivity index (χ1v) is 11.6. The van der Waals surface area contributed by atoms with Gasteiger partial charge in [0.05, 0.1) is 18.1 Å². The second-order valence-electron chi connectivity index (χ2n) is 7.62. The van der Waals surface area contributed by atoms with Crippen molar-refractivity contribution in [3.05, 3.63) is 53.6 Å². The Morgan fingerprint density at radius 2 is 1.69 bits per heavy atom. The lowest BCUT2D eigenvalue weighted by molar-refractivity contribution is 0.278. The largest absolute Gasteiger partial charge is 0.490 e. The zero-order valence-electron chi connectivity index (χ0n) is 16.8. The van der Waals surface area contributed by atoms with E-state index in [1.165, 1.54) is 11.1 Å². The number of aryl methyl sites for hydroxylation is 1. The Morgan fingerprint density at radius 3 is 2.52 bits per heavy atom. The van der Waals surface area contributed by atoms with Crippen LogP contribution < -0.4 is 9.47 Å². The third-order valence-corrected chi connectivity index (χ3v) is 7.45. The Balaban J connectivity index is 1.47. The zero-order valence-corrected chi connectivity index (χ0v) is 17.7. The Hall–Kier alpha value is -2.09. The molecule has 4 rings (SSSR count). The number of sulfonamides is 1. The van der Waals surface area contributed by atoms with E-state index in [0.29, 0.717) is 37.8 Å². The molecule has 1 saturated heterocycles.